The van der Waals surface area contributed by atoms with E-state index in [1.165, 1.54) is 6.92 Å². The standard InChI is InChI=1S/C19H34O7S2/c1-7-19(4,15-11-9-8-10-12-15)26-17(21)18(3,14(2)20)13-16(27(5,22)23)28(6,24)25/h15-16H,7-13H2,1-6H3. The first-order chi connectivity index (χ1) is 12.6. The molecule has 2 atom stereocenters. The number of carbonyl (C=O) groups is 2. The van der Waals surface area contributed by atoms with E-state index >= 15 is 0 Å². The zero-order valence-electron chi connectivity index (χ0n) is 17.8. The van der Waals surface area contributed by atoms with Crippen LogP contribution in [-0.4, -0.2) is 51.3 Å². The zero-order valence-corrected chi connectivity index (χ0v) is 19.4. The molecule has 1 saturated carbocycles. The Morgan fingerprint density at radius 1 is 1.00 bits per heavy atom. The first kappa shape index (κ1) is 25.1. The maximum atomic E-state index is 13.1. The van der Waals surface area contributed by atoms with E-state index in [1.54, 1.807) is 0 Å². The summed E-state index contributed by atoms with van der Waals surface area (Å²) in [6, 6.07) is 0. The molecule has 7 nitrogen and oxygen atoms in total. The van der Waals surface area contributed by atoms with E-state index in [0.717, 1.165) is 51.5 Å². The van der Waals surface area contributed by atoms with Crippen molar-refractivity contribution in [2.24, 2.45) is 11.3 Å². The Hall–Kier alpha value is -0.960. The van der Waals surface area contributed by atoms with Crippen LogP contribution in [0.25, 0.3) is 0 Å². The van der Waals surface area contributed by atoms with Crippen LogP contribution in [-0.2, 0) is 34.0 Å². The molecule has 164 valence electrons. The smallest absolute Gasteiger partial charge is 0.319 e. The zero-order chi connectivity index (χ0) is 22.0. The second-order valence-corrected chi connectivity index (χ2v) is 13.3. The van der Waals surface area contributed by atoms with Gasteiger partial charge in [-0.2, -0.15) is 0 Å². The summed E-state index contributed by atoms with van der Waals surface area (Å²) in [5.74, 6) is -1.31. The maximum absolute atomic E-state index is 13.1. The highest BCUT2D eigenvalue weighted by Gasteiger charge is 2.50. The van der Waals surface area contributed by atoms with E-state index in [1.807, 2.05) is 13.8 Å². The molecule has 1 fully saturated rings. The molecule has 0 radical (unpaired) electrons. The van der Waals surface area contributed by atoms with Crippen molar-refractivity contribution in [3.63, 3.8) is 0 Å². The van der Waals surface area contributed by atoms with Gasteiger partial charge in [0.05, 0.1) is 0 Å². The fraction of sp³-hybridized carbons (Fsp3) is 0.895. The number of hydrogen-bond acceptors (Lipinski definition) is 7. The van der Waals surface area contributed by atoms with Crippen LogP contribution in [0.3, 0.4) is 0 Å². The van der Waals surface area contributed by atoms with E-state index in [-0.39, 0.29) is 5.92 Å². The van der Waals surface area contributed by atoms with E-state index in [9.17, 15) is 26.4 Å². The van der Waals surface area contributed by atoms with E-state index in [2.05, 4.69) is 0 Å². The fourth-order valence-electron chi connectivity index (χ4n) is 3.81. The van der Waals surface area contributed by atoms with Gasteiger partial charge in [-0.1, -0.05) is 26.2 Å². The van der Waals surface area contributed by atoms with Crippen LogP contribution >= 0.6 is 0 Å². The SMILES string of the molecule is CCC(C)(OC(=O)C(C)(CC(S(C)(=O)=O)S(C)(=O)=O)C(C)=O)C1CCCCC1. The van der Waals surface area contributed by atoms with Crippen molar-refractivity contribution in [3.05, 3.63) is 0 Å². The third kappa shape index (κ3) is 5.78. The lowest BCUT2D eigenvalue weighted by atomic mass is 9.76. The third-order valence-corrected chi connectivity index (χ3v) is 10.6. The molecule has 2 unspecified atom stereocenters. The lowest BCUT2D eigenvalue weighted by Gasteiger charge is -2.41. The minimum atomic E-state index is -4.04. The number of ketones is 1. The Balaban J connectivity index is 3.24. The topological polar surface area (TPSA) is 112 Å². The highest BCUT2D eigenvalue weighted by atomic mass is 32.3. The number of carbonyl (C=O) groups excluding carboxylic acids is 2. The number of Topliss-reactive ketones (excluding diaryl/α,β-unsaturated/α-hetero) is 1. The van der Waals surface area contributed by atoms with Gasteiger partial charge in [-0.05, 0) is 46.0 Å². The van der Waals surface area contributed by atoms with Gasteiger partial charge in [0.1, 0.15) is 16.8 Å². The van der Waals surface area contributed by atoms with Crippen LogP contribution in [0.5, 0.6) is 0 Å². The van der Waals surface area contributed by atoms with E-state index in [0.29, 0.717) is 6.42 Å². The monoisotopic (exact) mass is 438 g/mol. The number of esters is 1. The Morgan fingerprint density at radius 2 is 1.46 bits per heavy atom. The summed E-state index contributed by atoms with van der Waals surface area (Å²) in [7, 11) is -8.08. The first-order valence-electron chi connectivity index (χ1n) is 9.70. The van der Waals surface area contributed by atoms with Crippen LogP contribution in [0, 0.1) is 11.3 Å². The van der Waals surface area contributed by atoms with Gasteiger partial charge in [-0.15, -0.1) is 0 Å². The quantitative estimate of drug-likeness (QED) is 0.402. The average molecular weight is 439 g/mol. The number of rotatable bonds is 9. The molecule has 1 rings (SSSR count). The molecular formula is C19H34O7S2. The number of sulfone groups is 2. The molecule has 0 aromatic carbocycles. The van der Waals surface area contributed by atoms with Gasteiger partial charge in [0.15, 0.2) is 24.3 Å². The minimum absolute atomic E-state index is 0.159. The van der Waals surface area contributed by atoms with E-state index in [4.69, 9.17) is 4.74 Å². The predicted octanol–water partition coefficient (Wildman–Crippen LogP) is 2.68. The highest BCUT2D eigenvalue weighted by molar-refractivity contribution is 8.08. The molecule has 0 heterocycles. The van der Waals surface area contributed by atoms with Crippen molar-refractivity contribution in [3.8, 4) is 0 Å². The number of hydrogen-bond donors (Lipinski definition) is 0. The van der Waals surface area contributed by atoms with Gasteiger partial charge in [-0.25, -0.2) is 16.8 Å². The van der Waals surface area contributed by atoms with Gasteiger partial charge in [0.25, 0.3) is 0 Å². The van der Waals surface area contributed by atoms with Crippen molar-refractivity contribution in [2.75, 3.05) is 12.5 Å². The van der Waals surface area contributed by atoms with Crippen LogP contribution in [0.1, 0.15) is 72.6 Å². The molecule has 0 aromatic rings. The Morgan fingerprint density at radius 3 is 1.82 bits per heavy atom. The predicted molar refractivity (Wildman–Crippen MR) is 108 cm³/mol. The molecule has 0 bridgehead atoms. The van der Waals surface area contributed by atoms with Crippen molar-refractivity contribution in [1.82, 2.24) is 0 Å². The molecule has 0 amide bonds. The largest absolute Gasteiger partial charge is 0.458 e. The highest BCUT2D eigenvalue weighted by Crippen LogP contribution is 2.40. The van der Waals surface area contributed by atoms with Gasteiger partial charge in [0, 0.05) is 18.9 Å². The lowest BCUT2D eigenvalue weighted by molar-refractivity contribution is -0.179. The van der Waals surface area contributed by atoms with Crippen LogP contribution in [0.2, 0.25) is 0 Å². The summed E-state index contributed by atoms with van der Waals surface area (Å²) >= 11 is 0. The van der Waals surface area contributed by atoms with Crippen molar-refractivity contribution in [2.45, 2.75) is 82.8 Å². The molecular weight excluding hydrogens is 404 g/mol. The molecule has 0 N–H and O–H groups in total. The summed E-state index contributed by atoms with van der Waals surface area (Å²) in [5, 5.41) is 0. The van der Waals surface area contributed by atoms with Crippen LogP contribution in [0.4, 0.5) is 0 Å². The lowest BCUT2D eigenvalue weighted by Crippen LogP contribution is -2.48. The minimum Gasteiger partial charge on any atom is -0.458 e. The second kappa shape index (κ2) is 8.81. The first-order valence-corrected chi connectivity index (χ1v) is 13.6. The fourth-order valence-corrected chi connectivity index (χ4v) is 7.62. The van der Waals surface area contributed by atoms with Gasteiger partial charge in [-0.3, -0.25) is 9.59 Å². The molecule has 0 aromatic heterocycles. The molecule has 1 aliphatic rings. The van der Waals surface area contributed by atoms with Crippen molar-refractivity contribution >= 4 is 31.4 Å². The average Bonchev–Trinajstić information content (AvgIpc) is 2.57. The van der Waals surface area contributed by atoms with Crippen LogP contribution in [0.15, 0.2) is 0 Å². The molecule has 28 heavy (non-hydrogen) atoms. The van der Waals surface area contributed by atoms with Gasteiger partial charge >= 0.3 is 5.97 Å². The third-order valence-electron chi connectivity index (χ3n) is 6.25. The summed E-state index contributed by atoms with van der Waals surface area (Å²) in [6.45, 7) is 6.18. The second-order valence-electron chi connectivity index (χ2n) is 8.57. The molecule has 0 aliphatic heterocycles. The van der Waals surface area contributed by atoms with E-state index < -0.39 is 53.4 Å². The molecule has 0 saturated heterocycles. The Labute approximate surface area is 169 Å². The van der Waals surface area contributed by atoms with Gasteiger partial charge < -0.3 is 4.74 Å². The summed E-state index contributed by atoms with van der Waals surface area (Å²) in [6.07, 6.45) is 6.57. The normalized spacial score (nSPS) is 21.0. The molecule has 0 spiro atoms. The Kier molecular flexibility index (Phi) is 7.89. The summed E-state index contributed by atoms with van der Waals surface area (Å²) in [4.78, 5) is 25.4. The molecule has 9 heteroatoms. The van der Waals surface area contributed by atoms with Gasteiger partial charge in [0.2, 0.25) is 0 Å². The Bertz CT molecular complexity index is 762. The summed E-state index contributed by atoms with van der Waals surface area (Å²) < 4.78 is 52.2. The van der Waals surface area contributed by atoms with Crippen LogP contribution < -0.4 is 0 Å². The van der Waals surface area contributed by atoms with Crippen molar-refractivity contribution < 1.29 is 31.2 Å². The number of ether oxygens (including phenoxy) is 1. The summed E-state index contributed by atoms with van der Waals surface area (Å²) in [5.41, 5.74) is -2.64. The van der Waals surface area contributed by atoms with Crippen molar-refractivity contribution in [1.29, 1.82) is 0 Å². The molecule has 1 aliphatic carbocycles. The maximum Gasteiger partial charge on any atom is 0.319 e.